The van der Waals surface area contributed by atoms with Crippen LogP contribution in [0.5, 0.6) is 0 Å². The molecular weight excluding hydrogens is 228 g/mol. The standard InChI is InChI=1S/C13H24N4O/c1-10(2)17-9-15-6-12(17)7-16-4-5-18-13(8-16)11(3)14/h6,9-11,13H,4-5,7-8,14H2,1-3H3. The fraction of sp³-hybridized carbons (Fsp3) is 0.769. The summed E-state index contributed by atoms with van der Waals surface area (Å²) in [7, 11) is 0. The largest absolute Gasteiger partial charge is 0.374 e. The number of hydrogen-bond donors (Lipinski definition) is 1. The van der Waals surface area contributed by atoms with Gasteiger partial charge in [-0.25, -0.2) is 4.98 Å². The van der Waals surface area contributed by atoms with Gasteiger partial charge in [-0.3, -0.25) is 4.90 Å². The van der Waals surface area contributed by atoms with Gasteiger partial charge in [0, 0.05) is 37.9 Å². The van der Waals surface area contributed by atoms with Crippen molar-refractivity contribution in [2.45, 2.75) is 45.5 Å². The van der Waals surface area contributed by atoms with Crippen LogP contribution >= 0.6 is 0 Å². The van der Waals surface area contributed by atoms with Gasteiger partial charge in [0.25, 0.3) is 0 Å². The van der Waals surface area contributed by atoms with Gasteiger partial charge in [0.05, 0.1) is 24.7 Å². The van der Waals surface area contributed by atoms with Crippen molar-refractivity contribution in [1.29, 1.82) is 0 Å². The third-order valence-corrected chi connectivity index (χ3v) is 3.45. The molecule has 0 aromatic carbocycles. The summed E-state index contributed by atoms with van der Waals surface area (Å²) in [6.45, 7) is 9.91. The van der Waals surface area contributed by atoms with E-state index in [0.717, 1.165) is 26.2 Å². The first kappa shape index (κ1) is 13.5. The summed E-state index contributed by atoms with van der Waals surface area (Å²) in [6.07, 6.45) is 4.01. The van der Waals surface area contributed by atoms with Crippen molar-refractivity contribution in [3.63, 3.8) is 0 Å². The third kappa shape index (κ3) is 3.10. The van der Waals surface area contributed by atoms with Crippen LogP contribution in [0.25, 0.3) is 0 Å². The number of hydrogen-bond acceptors (Lipinski definition) is 4. The summed E-state index contributed by atoms with van der Waals surface area (Å²) >= 11 is 0. The maximum atomic E-state index is 5.91. The van der Waals surface area contributed by atoms with E-state index in [4.69, 9.17) is 10.5 Å². The summed E-state index contributed by atoms with van der Waals surface area (Å²) in [5, 5.41) is 0. The summed E-state index contributed by atoms with van der Waals surface area (Å²) in [5.74, 6) is 0. The maximum absolute atomic E-state index is 5.91. The Morgan fingerprint density at radius 2 is 2.28 bits per heavy atom. The second-order valence-electron chi connectivity index (χ2n) is 5.39. The Morgan fingerprint density at radius 1 is 1.50 bits per heavy atom. The summed E-state index contributed by atoms with van der Waals surface area (Å²) in [6, 6.07) is 0.538. The molecule has 2 heterocycles. The lowest BCUT2D eigenvalue weighted by Gasteiger charge is -2.34. The maximum Gasteiger partial charge on any atom is 0.0951 e. The zero-order chi connectivity index (χ0) is 13.1. The Balaban J connectivity index is 1.98. The van der Waals surface area contributed by atoms with Crippen LogP contribution in [0.4, 0.5) is 0 Å². The van der Waals surface area contributed by atoms with Crippen molar-refractivity contribution in [3.8, 4) is 0 Å². The van der Waals surface area contributed by atoms with Gasteiger partial charge < -0.3 is 15.0 Å². The average Bonchev–Trinajstić information content (AvgIpc) is 2.77. The van der Waals surface area contributed by atoms with Crippen molar-refractivity contribution < 1.29 is 4.74 Å². The van der Waals surface area contributed by atoms with Crippen molar-refractivity contribution in [2.24, 2.45) is 5.73 Å². The minimum absolute atomic E-state index is 0.0859. The van der Waals surface area contributed by atoms with Crippen molar-refractivity contribution in [2.75, 3.05) is 19.7 Å². The van der Waals surface area contributed by atoms with Crippen LogP contribution < -0.4 is 5.73 Å². The number of nitrogens with zero attached hydrogens (tertiary/aromatic N) is 3. The van der Waals surface area contributed by atoms with Crippen LogP contribution in [0.2, 0.25) is 0 Å². The number of ether oxygens (including phenoxy) is 1. The molecular formula is C13H24N4O. The highest BCUT2D eigenvalue weighted by atomic mass is 16.5. The molecule has 102 valence electrons. The van der Waals surface area contributed by atoms with Crippen molar-refractivity contribution in [1.82, 2.24) is 14.5 Å². The highest BCUT2D eigenvalue weighted by Gasteiger charge is 2.24. The second kappa shape index (κ2) is 5.82. The molecule has 2 unspecified atom stereocenters. The molecule has 5 heteroatoms. The van der Waals surface area contributed by atoms with Crippen LogP contribution in [-0.2, 0) is 11.3 Å². The molecule has 2 atom stereocenters. The van der Waals surface area contributed by atoms with E-state index in [1.54, 1.807) is 0 Å². The van der Waals surface area contributed by atoms with Crippen LogP contribution in [0.1, 0.15) is 32.5 Å². The van der Waals surface area contributed by atoms with Crippen LogP contribution in [0.3, 0.4) is 0 Å². The molecule has 2 N–H and O–H groups in total. The SMILES string of the molecule is CC(N)C1CN(Cc2cncn2C(C)C)CCO1. The van der Waals surface area contributed by atoms with E-state index in [0.29, 0.717) is 6.04 Å². The van der Waals surface area contributed by atoms with E-state index in [1.165, 1.54) is 5.69 Å². The summed E-state index contributed by atoms with van der Waals surface area (Å²) < 4.78 is 7.90. The summed E-state index contributed by atoms with van der Waals surface area (Å²) in [5.41, 5.74) is 7.17. The lowest BCUT2D eigenvalue weighted by Crippen LogP contribution is -2.49. The Labute approximate surface area is 109 Å². The van der Waals surface area contributed by atoms with E-state index in [9.17, 15) is 0 Å². The molecule has 5 nitrogen and oxygen atoms in total. The Hall–Kier alpha value is -0.910. The van der Waals surface area contributed by atoms with E-state index < -0.39 is 0 Å². The second-order valence-corrected chi connectivity index (χ2v) is 5.39. The molecule has 0 bridgehead atoms. The Morgan fingerprint density at radius 3 is 2.94 bits per heavy atom. The number of aromatic nitrogens is 2. The van der Waals surface area contributed by atoms with Gasteiger partial charge in [-0.05, 0) is 20.8 Å². The smallest absolute Gasteiger partial charge is 0.0951 e. The topological polar surface area (TPSA) is 56.3 Å². The van der Waals surface area contributed by atoms with Crippen molar-refractivity contribution in [3.05, 3.63) is 18.2 Å². The molecule has 0 amide bonds. The van der Waals surface area contributed by atoms with Gasteiger partial charge in [-0.1, -0.05) is 0 Å². The predicted octanol–water partition coefficient (Wildman–Crippen LogP) is 1.01. The monoisotopic (exact) mass is 252 g/mol. The zero-order valence-corrected chi connectivity index (χ0v) is 11.5. The molecule has 1 aromatic rings. The van der Waals surface area contributed by atoms with Crippen molar-refractivity contribution >= 4 is 0 Å². The zero-order valence-electron chi connectivity index (χ0n) is 11.5. The van der Waals surface area contributed by atoms with Crippen LogP contribution in [0, 0.1) is 0 Å². The minimum atomic E-state index is 0.0859. The Bertz CT molecular complexity index is 375. The quantitative estimate of drug-likeness (QED) is 0.869. The highest BCUT2D eigenvalue weighted by Crippen LogP contribution is 2.14. The molecule has 1 aliphatic heterocycles. The van der Waals surface area contributed by atoms with Gasteiger partial charge >= 0.3 is 0 Å². The van der Waals surface area contributed by atoms with E-state index in [1.807, 2.05) is 19.4 Å². The van der Waals surface area contributed by atoms with Crippen LogP contribution in [0.15, 0.2) is 12.5 Å². The molecule has 18 heavy (non-hydrogen) atoms. The highest BCUT2D eigenvalue weighted by molar-refractivity contribution is 5.00. The molecule has 0 radical (unpaired) electrons. The molecule has 1 aliphatic rings. The van der Waals surface area contributed by atoms with E-state index >= 15 is 0 Å². The number of imidazole rings is 1. The predicted molar refractivity (Wildman–Crippen MR) is 71.3 cm³/mol. The normalized spacial score (nSPS) is 23.5. The first-order valence-electron chi connectivity index (χ1n) is 6.68. The molecule has 0 aliphatic carbocycles. The fourth-order valence-electron chi connectivity index (χ4n) is 2.34. The molecule has 0 spiro atoms. The Kier molecular flexibility index (Phi) is 4.37. The van der Waals surface area contributed by atoms with E-state index in [2.05, 4.69) is 28.3 Å². The number of nitrogens with two attached hydrogens (primary N) is 1. The first-order chi connectivity index (χ1) is 8.58. The molecule has 1 fully saturated rings. The van der Waals surface area contributed by atoms with Gasteiger partial charge in [0.2, 0.25) is 0 Å². The first-order valence-corrected chi connectivity index (χ1v) is 6.68. The van der Waals surface area contributed by atoms with Crippen LogP contribution in [-0.4, -0.2) is 46.3 Å². The van der Waals surface area contributed by atoms with Gasteiger partial charge in [-0.2, -0.15) is 0 Å². The fourth-order valence-corrected chi connectivity index (χ4v) is 2.34. The van der Waals surface area contributed by atoms with Gasteiger partial charge in [0.1, 0.15) is 0 Å². The lowest BCUT2D eigenvalue weighted by molar-refractivity contribution is -0.0409. The van der Waals surface area contributed by atoms with E-state index in [-0.39, 0.29) is 12.1 Å². The third-order valence-electron chi connectivity index (χ3n) is 3.45. The molecule has 0 saturated carbocycles. The summed E-state index contributed by atoms with van der Waals surface area (Å²) in [4.78, 5) is 6.64. The average molecular weight is 252 g/mol. The molecule has 2 rings (SSSR count). The van der Waals surface area contributed by atoms with Gasteiger partial charge in [0.15, 0.2) is 0 Å². The number of morpholine rings is 1. The van der Waals surface area contributed by atoms with Gasteiger partial charge in [-0.15, -0.1) is 0 Å². The minimum Gasteiger partial charge on any atom is -0.374 e. The molecule has 1 aromatic heterocycles. The lowest BCUT2D eigenvalue weighted by atomic mass is 10.1. The number of rotatable bonds is 4. The molecule has 1 saturated heterocycles.